The van der Waals surface area contributed by atoms with Crippen molar-refractivity contribution in [1.29, 1.82) is 0 Å². The third kappa shape index (κ3) is 2.82. The average Bonchev–Trinajstić information content (AvgIpc) is 2.15. The van der Waals surface area contributed by atoms with Crippen LogP contribution in [0, 0.1) is 0 Å². The van der Waals surface area contributed by atoms with Crippen molar-refractivity contribution in [2.24, 2.45) is 0 Å². The number of carbonyl (C=O) groups excluding carboxylic acids is 1. The van der Waals surface area contributed by atoms with Gasteiger partial charge >= 0.3 is 11.9 Å². The summed E-state index contributed by atoms with van der Waals surface area (Å²) in [6, 6.07) is 8.49. The van der Waals surface area contributed by atoms with Crippen LogP contribution >= 0.6 is 0 Å². The minimum Gasteiger partial charge on any atom is -0.473 e. The molecule has 0 spiro atoms. The summed E-state index contributed by atoms with van der Waals surface area (Å²) in [5.41, 5.74) is 2.71. The van der Waals surface area contributed by atoms with Crippen LogP contribution in [0.15, 0.2) is 30.3 Å². The zero-order chi connectivity index (χ0) is 9.68. The van der Waals surface area contributed by atoms with Crippen LogP contribution in [0.5, 0.6) is 0 Å². The molecule has 0 heterocycles. The van der Waals surface area contributed by atoms with Gasteiger partial charge in [-0.2, -0.15) is 0 Å². The van der Waals surface area contributed by atoms with Crippen molar-refractivity contribution >= 4 is 17.6 Å². The monoisotopic (exact) mass is 181 g/mol. The van der Waals surface area contributed by atoms with E-state index in [1.165, 1.54) is 0 Å². The molecule has 0 bridgehead atoms. The normalized spacial score (nSPS) is 8.92. The Kier molecular flexibility index (Phi) is 2.86. The van der Waals surface area contributed by atoms with Crippen molar-refractivity contribution in [1.82, 2.24) is 0 Å². The molecule has 5 nitrogen and oxygen atoms in total. The molecule has 5 heteroatoms. The lowest BCUT2D eigenvalue weighted by Gasteiger charge is -2.02. The first kappa shape index (κ1) is 9.05. The van der Waals surface area contributed by atoms with Gasteiger partial charge in [0.1, 0.15) is 0 Å². The van der Waals surface area contributed by atoms with E-state index < -0.39 is 11.9 Å². The van der Waals surface area contributed by atoms with Gasteiger partial charge in [0.05, 0.1) is 5.69 Å². The summed E-state index contributed by atoms with van der Waals surface area (Å²) < 4.78 is 0. The second-order valence-corrected chi connectivity index (χ2v) is 2.16. The minimum absolute atomic E-state index is 0.511. The zero-order valence-corrected chi connectivity index (χ0v) is 6.56. The molecule has 0 saturated heterocycles. The second kappa shape index (κ2) is 4.10. The van der Waals surface area contributed by atoms with Gasteiger partial charge in [0, 0.05) is 0 Å². The van der Waals surface area contributed by atoms with Gasteiger partial charge in [-0.25, -0.2) is 15.1 Å². The average molecular weight is 181 g/mol. The predicted molar refractivity (Wildman–Crippen MR) is 43.8 cm³/mol. The smallest absolute Gasteiger partial charge is 0.441 e. The van der Waals surface area contributed by atoms with Crippen molar-refractivity contribution in [3.63, 3.8) is 0 Å². The first-order chi connectivity index (χ1) is 6.20. The maximum atomic E-state index is 10.4. The molecule has 0 aliphatic heterocycles. The number of carbonyl (C=O) groups is 2. The Morgan fingerprint density at radius 1 is 1.23 bits per heavy atom. The Balaban J connectivity index is 2.44. The van der Waals surface area contributed by atoms with Crippen LogP contribution in [0.25, 0.3) is 0 Å². The molecule has 0 aromatic heterocycles. The van der Waals surface area contributed by atoms with E-state index in [0.29, 0.717) is 5.69 Å². The topological polar surface area (TPSA) is 75.6 Å². The molecule has 0 atom stereocenters. The van der Waals surface area contributed by atoms with Crippen LogP contribution in [-0.4, -0.2) is 17.0 Å². The van der Waals surface area contributed by atoms with Gasteiger partial charge in [-0.3, -0.25) is 0 Å². The van der Waals surface area contributed by atoms with Crippen LogP contribution in [-0.2, 0) is 14.4 Å². The molecule has 2 N–H and O–H groups in total. The first-order valence-corrected chi connectivity index (χ1v) is 3.45. The first-order valence-electron chi connectivity index (χ1n) is 3.45. The lowest BCUT2D eigenvalue weighted by atomic mass is 10.3. The minimum atomic E-state index is -1.64. The van der Waals surface area contributed by atoms with Crippen LogP contribution in [0.2, 0.25) is 0 Å². The van der Waals surface area contributed by atoms with E-state index >= 15 is 0 Å². The van der Waals surface area contributed by atoms with Gasteiger partial charge in [-0.15, -0.1) is 0 Å². The van der Waals surface area contributed by atoms with Crippen molar-refractivity contribution in [2.45, 2.75) is 0 Å². The molecule has 13 heavy (non-hydrogen) atoms. The van der Waals surface area contributed by atoms with Gasteiger partial charge in [0.15, 0.2) is 0 Å². The van der Waals surface area contributed by atoms with Gasteiger partial charge in [-0.05, 0) is 12.1 Å². The summed E-state index contributed by atoms with van der Waals surface area (Å²) in [6.07, 6.45) is 0. The summed E-state index contributed by atoms with van der Waals surface area (Å²) in [4.78, 5) is 24.6. The summed E-state index contributed by atoms with van der Waals surface area (Å²) >= 11 is 0. The van der Waals surface area contributed by atoms with E-state index in [2.05, 4.69) is 10.3 Å². The molecule has 0 saturated carbocycles. The van der Waals surface area contributed by atoms with Crippen molar-refractivity contribution in [3.8, 4) is 0 Å². The fraction of sp³-hybridized carbons (Fsp3) is 0. The van der Waals surface area contributed by atoms with Crippen LogP contribution in [0.1, 0.15) is 0 Å². The fourth-order valence-electron chi connectivity index (χ4n) is 0.655. The number of anilines is 1. The highest BCUT2D eigenvalue weighted by molar-refractivity contribution is 6.28. The number of rotatable bonds is 2. The van der Waals surface area contributed by atoms with Crippen LogP contribution in [0.3, 0.4) is 0 Å². The van der Waals surface area contributed by atoms with E-state index in [9.17, 15) is 9.59 Å². The molecule has 0 aliphatic rings. The molecule has 1 aromatic carbocycles. The lowest BCUT2D eigenvalue weighted by Crippen LogP contribution is -2.19. The summed E-state index contributed by atoms with van der Waals surface area (Å²) in [5.74, 6) is -2.98. The molecule has 0 amide bonds. The highest BCUT2D eigenvalue weighted by Gasteiger charge is 2.12. The zero-order valence-electron chi connectivity index (χ0n) is 6.56. The fourth-order valence-corrected chi connectivity index (χ4v) is 0.655. The molecule has 1 rings (SSSR count). The molecule has 68 valence electrons. The van der Waals surface area contributed by atoms with E-state index in [1.807, 2.05) is 0 Å². The number of nitrogens with one attached hydrogen (secondary N) is 1. The van der Waals surface area contributed by atoms with Gasteiger partial charge in [0.2, 0.25) is 0 Å². The highest BCUT2D eigenvalue weighted by Crippen LogP contribution is 2.04. The van der Waals surface area contributed by atoms with E-state index in [-0.39, 0.29) is 0 Å². The Morgan fingerprint density at radius 3 is 2.38 bits per heavy atom. The van der Waals surface area contributed by atoms with Crippen LogP contribution in [0.4, 0.5) is 5.69 Å². The third-order valence-corrected chi connectivity index (χ3v) is 1.21. The Hall–Kier alpha value is -2.04. The maximum Gasteiger partial charge on any atom is 0.441 e. The summed E-state index contributed by atoms with van der Waals surface area (Å²) in [6.45, 7) is 0. The van der Waals surface area contributed by atoms with Crippen molar-refractivity contribution < 1.29 is 19.5 Å². The van der Waals surface area contributed by atoms with Crippen molar-refractivity contribution in [2.75, 3.05) is 5.48 Å². The molecule has 0 aliphatic carbocycles. The summed E-state index contributed by atoms with van der Waals surface area (Å²) in [5, 5.41) is 8.15. The van der Waals surface area contributed by atoms with Gasteiger partial charge < -0.3 is 9.94 Å². The molecule has 0 radical (unpaired) electrons. The molecule has 0 unspecified atom stereocenters. The predicted octanol–water partition coefficient (Wildman–Crippen LogP) is 0.641. The quantitative estimate of drug-likeness (QED) is 0.517. The standard InChI is InChI=1S/C8H7NO4/c10-7(11)8(12)13-9-6-4-2-1-3-5-6/h1-5,9H,(H,10,11). The second-order valence-electron chi connectivity index (χ2n) is 2.16. The van der Waals surface area contributed by atoms with Crippen molar-refractivity contribution in [3.05, 3.63) is 30.3 Å². The molecular formula is C8H7NO4. The van der Waals surface area contributed by atoms with E-state index in [4.69, 9.17) is 5.11 Å². The number of hydrogen-bond acceptors (Lipinski definition) is 4. The number of aliphatic carboxylic acids is 1. The van der Waals surface area contributed by atoms with E-state index in [0.717, 1.165) is 0 Å². The lowest BCUT2D eigenvalue weighted by molar-refractivity contribution is -0.161. The molecule has 0 fully saturated rings. The molecular weight excluding hydrogens is 174 g/mol. The Bertz CT molecular complexity index is 309. The van der Waals surface area contributed by atoms with Crippen LogP contribution < -0.4 is 5.48 Å². The largest absolute Gasteiger partial charge is 0.473 e. The third-order valence-electron chi connectivity index (χ3n) is 1.21. The SMILES string of the molecule is O=C(O)C(=O)ONc1ccccc1. The van der Waals surface area contributed by atoms with E-state index in [1.54, 1.807) is 30.3 Å². The highest BCUT2D eigenvalue weighted by atomic mass is 16.7. The number of para-hydroxylation sites is 1. The Morgan fingerprint density at radius 2 is 1.85 bits per heavy atom. The molecule has 1 aromatic rings. The number of hydrogen-bond donors (Lipinski definition) is 2. The van der Waals surface area contributed by atoms with Gasteiger partial charge in [-0.1, -0.05) is 18.2 Å². The Labute approximate surface area is 73.9 Å². The van der Waals surface area contributed by atoms with Gasteiger partial charge in [0.25, 0.3) is 0 Å². The number of carboxylic acid groups (broad SMARTS) is 1. The maximum absolute atomic E-state index is 10.4. The number of carboxylic acids is 1. The summed E-state index contributed by atoms with van der Waals surface area (Å²) in [7, 11) is 0. The number of benzene rings is 1.